The van der Waals surface area contributed by atoms with E-state index in [9.17, 15) is 18.5 Å². The van der Waals surface area contributed by atoms with Crippen molar-refractivity contribution in [1.29, 1.82) is 0 Å². The third-order valence-electron chi connectivity index (χ3n) is 3.83. The van der Waals surface area contributed by atoms with Crippen molar-refractivity contribution in [3.05, 3.63) is 58.4 Å². The summed E-state index contributed by atoms with van der Waals surface area (Å²) in [5, 5.41) is 15.1. The van der Waals surface area contributed by atoms with Crippen LogP contribution < -0.4 is 5.43 Å². The second-order valence-corrected chi connectivity index (χ2v) is 7.48. The van der Waals surface area contributed by atoms with Crippen LogP contribution in [0.2, 0.25) is 0 Å². The van der Waals surface area contributed by atoms with Gasteiger partial charge in [0.15, 0.2) is 0 Å². The van der Waals surface area contributed by atoms with Gasteiger partial charge in [-0.15, -0.1) is 0 Å². The SMILES string of the molecule is O=[N+]([O-])c1ccc(NN=Cc2ccccn2)c(S(=O)(=O)N2CCOCC2)c1. The van der Waals surface area contributed by atoms with Gasteiger partial charge in [0, 0.05) is 31.4 Å². The largest absolute Gasteiger partial charge is 0.379 e. The van der Waals surface area contributed by atoms with Gasteiger partial charge in [-0.1, -0.05) is 6.07 Å². The molecular weight excluding hydrogens is 374 g/mol. The molecule has 0 aliphatic carbocycles. The summed E-state index contributed by atoms with van der Waals surface area (Å²) >= 11 is 0. The maximum absolute atomic E-state index is 13.0. The highest BCUT2D eigenvalue weighted by Crippen LogP contribution is 2.29. The highest BCUT2D eigenvalue weighted by Gasteiger charge is 2.30. The Kier molecular flexibility index (Phi) is 5.74. The first kappa shape index (κ1) is 18.9. The maximum atomic E-state index is 13.0. The van der Waals surface area contributed by atoms with E-state index in [0.717, 1.165) is 6.07 Å². The number of ether oxygens (including phenoxy) is 1. The molecule has 27 heavy (non-hydrogen) atoms. The minimum atomic E-state index is -3.95. The average Bonchev–Trinajstić information content (AvgIpc) is 2.69. The van der Waals surface area contributed by atoms with Crippen molar-refractivity contribution < 1.29 is 18.1 Å². The first-order valence-electron chi connectivity index (χ1n) is 8.05. The fourth-order valence-corrected chi connectivity index (χ4v) is 4.05. The zero-order chi connectivity index (χ0) is 19.3. The van der Waals surface area contributed by atoms with Crippen LogP contribution in [0.1, 0.15) is 5.69 Å². The normalized spacial score (nSPS) is 15.7. The Hall–Kier alpha value is -2.89. The molecule has 1 N–H and O–H groups in total. The van der Waals surface area contributed by atoms with Crippen molar-refractivity contribution in [2.24, 2.45) is 5.10 Å². The molecule has 1 fully saturated rings. The van der Waals surface area contributed by atoms with Gasteiger partial charge in [-0.2, -0.15) is 9.41 Å². The van der Waals surface area contributed by atoms with E-state index < -0.39 is 14.9 Å². The van der Waals surface area contributed by atoms with Gasteiger partial charge in [0.1, 0.15) is 4.90 Å². The van der Waals surface area contributed by atoms with Crippen molar-refractivity contribution in [2.75, 3.05) is 31.7 Å². The Balaban J connectivity index is 1.93. The van der Waals surface area contributed by atoms with Crippen LogP contribution in [0, 0.1) is 10.1 Å². The van der Waals surface area contributed by atoms with E-state index in [1.165, 1.54) is 22.7 Å². The number of benzene rings is 1. The first-order chi connectivity index (χ1) is 13.0. The number of nitro groups is 1. The second kappa shape index (κ2) is 8.20. The smallest absolute Gasteiger partial charge is 0.270 e. The van der Waals surface area contributed by atoms with Crippen molar-refractivity contribution in [3.63, 3.8) is 0 Å². The Labute approximate surface area is 155 Å². The van der Waals surface area contributed by atoms with Crippen molar-refractivity contribution in [3.8, 4) is 0 Å². The molecule has 0 atom stereocenters. The van der Waals surface area contributed by atoms with Gasteiger partial charge in [-0.25, -0.2) is 8.42 Å². The molecule has 142 valence electrons. The number of hydrazone groups is 1. The number of pyridine rings is 1. The molecule has 2 aromatic rings. The highest BCUT2D eigenvalue weighted by atomic mass is 32.2. The lowest BCUT2D eigenvalue weighted by Gasteiger charge is -2.26. The van der Waals surface area contributed by atoms with Crippen LogP contribution in [0.5, 0.6) is 0 Å². The van der Waals surface area contributed by atoms with Crippen LogP contribution in [0.15, 0.2) is 52.6 Å². The molecule has 3 rings (SSSR count). The van der Waals surface area contributed by atoms with Gasteiger partial charge in [-0.05, 0) is 18.2 Å². The minimum Gasteiger partial charge on any atom is -0.379 e. The van der Waals surface area contributed by atoms with E-state index in [1.807, 2.05) is 0 Å². The number of rotatable bonds is 6. The van der Waals surface area contributed by atoms with Gasteiger partial charge in [0.25, 0.3) is 5.69 Å². The molecule has 1 aromatic carbocycles. The molecule has 2 heterocycles. The van der Waals surface area contributed by atoms with E-state index in [4.69, 9.17) is 4.74 Å². The number of non-ortho nitro benzene ring substituents is 1. The number of hydrogen-bond acceptors (Lipinski definition) is 8. The third-order valence-corrected chi connectivity index (χ3v) is 5.77. The van der Waals surface area contributed by atoms with Crippen LogP contribution in [0.4, 0.5) is 11.4 Å². The molecule has 0 bridgehead atoms. The standard InChI is InChI=1S/C16H17N5O5S/c22-21(23)14-4-5-15(19-18-12-13-3-1-2-6-17-13)16(11-14)27(24,25)20-7-9-26-10-8-20/h1-6,11-12,19H,7-10H2. The minimum absolute atomic E-state index is 0.138. The van der Waals surface area contributed by atoms with Crippen LogP contribution in [-0.2, 0) is 14.8 Å². The summed E-state index contributed by atoms with van der Waals surface area (Å²) in [5.41, 5.74) is 3.04. The number of morpholine rings is 1. The monoisotopic (exact) mass is 391 g/mol. The van der Waals surface area contributed by atoms with Crippen LogP contribution in [0.3, 0.4) is 0 Å². The van der Waals surface area contributed by atoms with E-state index in [1.54, 1.807) is 24.4 Å². The molecule has 10 nitrogen and oxygen atoms in total. The van der Waals surface area contributed by atoms with Crippen LogP contribution in [0.25, 0.3) is 0 Å². The molecule has 0 radical (unpaired) electrons. The number of aromatic nitrogens is 1. The van der Waals surface area contributed by atoms with Crippen LogP contribution in [-0.4, -0.2) is 55.1 Å². The van der Waals surface area contributed by atoms with E-state index in [2.05, 4.69) is 15.5 Å². The van der Waals surface area contributed by atoms with Gasteiger partial charge in [-0.3, -0.25) is 20.5 Å². The highest BCUT2D eigenvalue weighted by molar-refractivity contribution is 7.89. The quantitative estimate of drug-likeness (QED) is 0.448. The molecule has 0 amide bonds. The van der Waals surface area contributed by atoms with Gasteiger partial charge < -0.3 is 4.74 Å². The number of hydrogen-bond donors (Lipinski definition) is 1. The topological polar surface area (TPSA) is 127 Å². The Morgan fingerprint density at radius 1 is 1.26 bits per heavy atom. The summed E-state index contributed by atoms with van der Waals surface area (Å²) < 4.78 is 32.3. The Bertz CT molecular complexity index is 943. The molecule has 0 saturated carbocycles. The molecule has 1 aromatic heterocycles. The zero-order valence-electron chi connectivity index (χ0n) is 14.2. The number of sulfonamides is 1. The van der Waals surface area contributed by atoms with Crippen molar-refractivity contribution in [1.82, 2.24) is 9.29 Å². The lowest BCUT2D eigenvalue weighted by molar-refractivity contribution is -0.385. The fourth-order valence-electron chi connectivity index (χ4n) is 2.48. The summed E-state index contributed by atoms with van der Waals surface area (Å²) in [7, 11) is -3.95. The molecular formula is C16H17N5O5S. The van der Waals surface area contributed by atoms with Crippen molar-refractivity contribution >= 4 is 27.6 Å². The predicted octanol–water partition coefficient (Wildman–Crippen LogP) is 1.46. The van der Waals surface area contributed by atoms with Gasteiger partial charge in [0.2, 0.25) is 10.0 Å². The Morgan fingerprint density at radius 3 is 2.70 bits per heavy atom. The number of nitrogens with zero attached hydrogens (tertiary/aromatic N) is 4. The Morgan fingerprint density at radius 2 is 2.04 bits per heavy atom. The maximum Gasteiger partial charge on any atom is 0.270 e. The summed E-state index contributed by atoms with van der Waals surface area (Å²) in [6.07, 6.45) is 3.02. The molecule has 11 heteroatoms. The van der Waals surface area contributed by atoms with E-state index in [-0.39, 0.29) is 42.6 Å². The zero-order valence-corrected chi connectivity index (χ0v) is 15.0. The number of nitro benzene ring substituents is 1. The molecule has 0 unspecified atom stereocenters. The van der Waals surface area contributed by atoms with Crippen molar-refractivity contribution in [2.45, 2.75) is 4.90 Å². The third kappa shape index (κ3) is 4.45. The fraction of sp³-hybridized carbons (Fsp3) is 0.250. The lowest BCUT2D eigenvalue weighted by atomic mass is 10.3. The summed E-state index contributed by atoms with van der Waals surface area (Å²) in [6.45, 7) is 0.910. The van der Waals surface area contributed by atoms with E-state index in [0.29, 0.717) is 5.69 Å². The van der Waals surface area contributed by atoms with Crippen LogP contribution >= 0.6 is 0 Å². The average molecular weight is 391 g/mol. The first-order valence-corrected chi connectivity index (χ1v) is 9.49. The predicted molar refractivity (Wildman–Crippen MR) is 98.1 cm³/mol. The molecule has 1 saturated heterocycles. The summed E-state index contributed by atoms with van der Waals surface area (Å²) in [6, 6.07) is 8.84. The summed E-state index contributed by atoms with van der Waals surface area (Å²) in [4.78, 5) is 14.3. The molecule has 0 spiro atoms. The second-order valence-electron chi connectivity index (χ2n) is 5.58. The number of nitrogens with one attached hydrogen (secondary N) is 1. The molecule has 1 aliphatic rings. The van der Waals surface area contributed by atoms with Gasteiger partial charge >= 0.3 is 0 Å². The number of anilines is 1. The van der Waals surface area contributed by atoms with Gasteiger partial charge in [0.05, 0.1) is 35.7 Å². The lowest BCUT2D eigenvalue weighted by Crippen LogP contribution is -2.40. The summed E-state index contributed by atoms with van der Waals surface area (Å²) in [5.74, 6) is 0. The van der Waals surface area contributed by atoms with E-state index >= 15 is 0 Å². The molecule has 1 aliphatic heterocycles.